The zero-order chi connectivity index (χ0) is 21.3. The number of unbranched alkanes of at least 4 members (excludes halogenated alkanes) is 1. The molecule has 2 rings (SSSR count). The summed E-state index contributed by atoms with van der Waals surface area (Å²) in [6.45, 7) is 4.45. The lowest BCUT2D eigenvalue weighted by atomic mass is 10.1. The van der Waals surface area contributed by atoms with E-state index < -0.39 is 15.9 Å². The molecule has 0 saturated heterocycles. The van der Waals surface area contributed by atoms with Gasteiger partial charge in [0.25, 0.3) is 0 Å². The summed E-state index contributed by atoms with van der Waals surface area (Å²) in [6.07, 6.45) is 5.23. The predicted molar refractivity (Wildman–Crippen MR) is 118 cm³/mol. The maximum absolute atomic E-state index is 12.5. The van der Waals surface area contributed by atoms with Gasteiger partial charge in [-0.2, -0.15) is 0 Å². The van der Waals surface area contributed by atoms with E-state index in [0.29, 0.717) is 23.7 Å². The quantitative estimate of drug-likeness (QED) is 0.593. The van der Waals surface area contributed by atoms with Gasteiger partial charge in [0.05, 0.1) is 18.6 Å². The second-order valence-electron chi connectivity index (χ2n) is 6.96. The van der Waals surface area contributed by atoms with Crippen molar-refractivity contribution < 1.29 is 17.9 Å². The molecule has 2 aromatic rings. The lowest BCUT2D eigenvalue weighted by Gasteiger charge is -2.22. The molecule has 1 amide bonds. The van der Waals surface area contributed by atoms with Crippen LogP contribution in [0, 0.1) is 0 Å². The number of benzene rings is 2. The Morgan fingerprint density at radius 2 is 1.66 bits per heavy atom. The lowest BCUT2D eigenvalue weighted by molar-refractivity contribution is -0.114. The second kappa shape index (κ2) is 10.9. The molecule has 0 spiro atoms. The van der Waals surface area contributed by atoms with Crippen molar-refractivity contribution in [2.75, 3.05) is 29.0 Å². The number of hydrogen-bond acceptors (Lipinski definition) is 4. The minimum Gasteiger partial charge on any atom is -0.494 e. The average Bonchev–Trinajstić information content (AvgIpc) is 2.69. The zero-order valence-corrected chi connectivity index (χ0v) is 18.2. The predicted octanol–water partition coefficient (Wildman–Crippen LogP) is 4.22. The molecule has 0 unspecified atom stereocenters. The molecule has 0 heterocycles. The number of aryl methyl sites for hydroxylation is 1. The van der Waals surface area contributed by atoms with Crippen molar-refractivity contribution in [3.05, 3.63) is 54.1 Å². The summed E-state index contributed by atoms with van der Waals surface area (Å²) in [4.78, 5) is 12.5. The van der Waals surface area contributed by atoms with Crippen molar-refractivity contribution in [1.82, 2.24) is 0 Å². The van der Waals surface area contributed by atoms with Gasteiger partial charge in [-0.1, -0.05) is 32.4 Å². The zero-order valence-electron chi connectivity index (χ0n) is 17.3. The highest BCUT2D eigenvalue weighted by Gasteiger charge is 2.21. The van der Waals surface area contributed by atoms with Crippen LogP contribution < -0.4 is 14.4 Å². The van der Waals surface area contributed by atoms with Crippen molar-refractivity contribution in [2.45, 2.75) is 39.5 Å². The van der Waals surface area contributed by atoms with Crippen LogP contribution in [0.5, 0.6) is 5.75 Å². The van der Waals surface area contributed by atoms with E-state index in [2.05, 4.69) is 12.2 Å². The molecule has 6 nitrogen and oxygen atoms in total. The normalized spacial score (nSPS) is 11.1. The van der Waals surface area contributed by atoms with E-state index in [-0.39, 0.29) is 6.54 Å². The van der Waals surface area contributed by atoms with Crippen molar-refractivity contribution in [3.8, 4) is 5.75 Å². The molecular formula is C22H30N2O4S. The molecule has 0 saturated carbocycles. The van der Waals surface area contributed by atoms with Crippen molar-refractivity contribution in [1.29, 1.82) is 0 Å². The largest absolute Gasteiger partial charge is 0.494 e. The molecule has 2 aromatic carbocycles. The summed E-state index contributed by atoms with van der Waals surface area (Å²) in [7, 11) is -3.62. The van der Waals surface area contributed by atoms with Crippen molar-refractivity contribution in [2.24, 2.45) is 0 Å². The number of nitrogens with zero attached hydrogens (tertiary/aromatic N) is 1. The molecule has 0 aliphatic carbocycles. The summed E-state index contributed by atoms with van der Waals surface area (Å²) >= 11 is 0. The SMILES string of the molecule is CCCCc1ccc(NC(=O)CN(c2ccc(OCCC)cc2)S(C)(=O)=O)cc1. The van der Waals surface area contributed by atoms with Gasteiger partial charge in [0, 0.05) is 5.69 Å². The van der Waals surface area contributed by atoms with E-state index in [1.807, 2.05) is 31.2 Å². The number of rotatable bonds is 11. The van der Waals surface area contributed by atoms with Crippen LogP contribution in [0.4, 0.5) is 11.4 Å². The van der Waals surface area contributed by atoms with Gasteiger partial charge in [0.2, 0.25) is 15.9 Å². The third-order valence-corrected chi connectivity index (χ3v) is 5.48. The van der Waals surface area contributed by atoms with Gasteiger partial charge in [-0.25, -0.2) is 8.42 Å². The van der Waals surface area contributed by atoms with Crippen LogP contribution in [0.2, 0.25) is 0 Å². The highest BCUT2D eigenvalue weighted by molar-refractivity contribution is 7.92. The summed E-state index contributed by atoms with van der Waals surface area (Å²) in [5.74, 6) is 0.264. The Morgan fingerprint density at radius 1 is 1.00 bits per heavy atom. The highest BCUT2D eigenvalue weighted by Crippen LogP contribution is 2.22. The fraction of sp³-hybridized carbons (Fsp3) is 0.409. The third-order valence-electron chi connectivity index (χ3n) is 4.34. The Labute approximate surface area is 173 Å². The molecule has 0 fully saturated rings. The molecule has 29 heavy (non-hydrogen) atoms. The van der Waals surface area contributed by atoms with Crippen LogP contribution in [-0.2, 0) is 21.2 Å². The van der Waals surface area contributed by atoms with Gasteiger partial charge in [-0.05, 0) is 61.2 Å². The molecule has 158 valence electrons. The van der Waals surface area contributed by atoms with Crippen LogP contribution in [0.1, 0.15) is 38.7 Å². The molecule has 1 N–H and O–H groups in total. The van der Waals surface area contributed by atoms with E-state index in [1.165, 1.54) is 5.56 Å². The van der Waals surface area contributed by atoms with Crippen LogP contribution in [0.25, 0.3) is 0 Å². The lowest BCUT2D eigenvalue weighted by Crippen LogP contribution is -2.37. The highest BCUT2D eigenvalue weighted by atomic mass is 32.2. The smallest absolute Gasteiger partial charge is 0.245 e. The first kappa shape index (κ1) is 22.7. The van der Waals surface area contributed by atoms with Gasteiger partial charge in [0.1, 0.15) is 12.3 Å². The van der Waals surface area contributed by atoms with E-state index in [0.717, 1.165) is 36.2 Å². The molecule has 0 aliphatic heterocycles. The molecule has 0 radical (unpaired) electrons. The summed E-state index contributed by atoms with van der Waals surface area (Å²) < 4.78 is 31.1. The van der Waals surface area contributed by atoms with Gasteiger partial charge >= 0.3 is 0 Å². The van der Waals surface area contributed by atoms with Crippen LogP contribution in [0.3, 0.4) is 0 Å². The van der Waals surface area contributed by atoms with Gasteiger partial charge < -0.3 is 10.1 Å². The molecule has 0 atom stereocenters. The first-order valence-corrected chi connectivity index (χ1v) is 11.8. The van der Waals surface area contributed by atoms with Gasteiger partial charge in [0.15, 0.2) is 0 Å². The molecule has 0 aliphatic rings. The van der Waals surface area contributed by atoms with Gasteiger partial charge in [-0.15, -0.1) is 0 Å². The first-order chi connectivity index (χ1) is 13.8. The fourth-order valence-corrected chi connectivity index (χ4v) is 3.65. The van der Waals surface area contributed by atoms with Crippen LogP contribution in [-0.4, -0.2) is 33.7 Å². The number of sulfonamides is 1. The number of ether oxygens (including phenoxy) is 1. The van der Waals surface area contributed by atoms with E-state index in [4.69, 9.17) is 4.74 Å². The topological polar surface area (TPSA) is 75.7 Å². The van der Waals surface area contributed by atoms with Crippen molar-refractivity contribution in [3.63, 3.8) is 0 Å². The molecule has 0 aromatic heterocycles. The Morgan fingerprint density at radius 3 is 2.21 bits per heavy atom. The monoisotopic (exact) mass is 418 g/mol. The molecular weight excluding hydrogens is 388 g/mol. The summed E-state index contributed by atoms with van der Waals surface area (Å²) in [5.41, 5.74) is 2.28. The maximum Gasteiger partial charge on any atom is 0.245 e. The number of carbonyl (C=O) groups excluding carboxylic acids is 1. The van der Waals surface area contributed by atoms with Gasteiger partial charge in [-0.3, -0.25) is 9.10 Å². The number of amides is 1. The number of anilines is 2. The third kappa shape index (κ3) is 7.42. The average molecular weight is 419 g/mol. The maximum atomic E-state index is 12.5. The Bertz CT molecular complexity index is 878. The number of nitrogens with one attached hydrogen (secondary N) is 1. The minimum absolute atomic E-state index is 0.300. The standard InChI is InChI=1S/C22H30N2O4S/c1-4-6-7-18-8-10-19(11-9-18)23-22(25)17-24(29(3,26)27)20-12-14-21(15-13-20)28-16-5-2/h8-15H,4-7,16-17H2,1-3H3,(H,23,25). The summed E-state index contributed by atoms with van der Waals surface area (Å²) in [6, 6.07) is 14.3. The van der Waals surface area contributed by atoms with Crippen LogP contribution >= 0.6 is 0 Å². The molecule has 7 heteroatoms. The van der Waals surface area contributed by atoms with Crippen molar-refractivity contribution >= 4 is 27.3 Å². The Hall–Kier alpha value is -2.54. The molecule has 0 bridgehead atoms. The minimum atomic E-state index is -3.62. The second-order valence-corrected chi connectivity index (χ2v) is 8.87. The Balaban J connectivity index is 2.05. The van der Waals surface area contributed by atoms with E-state index >= 15 is 0 Å². The number of carbonyl (C=O) groups is 1. The van der Waals surface area contributed by atoms with E-state index in [9.17, 15) is 13.2 Å². The summed E-state index contributed by atoms with van der Waals surface area (Å²) in [5, 5.41) is 2.77. The fourth-order valence-electron chi connectivity index (χ4n) is 2.80. The van der Waals surface area contributed by atoms with Crippen LogP contribution in [0.15, 0.2) is 48.5 Å². The number of hydrogen-bond donors (Lipinski definition) is 1. The van der Waals surface area contributed by atoms with E-state index in [1.54, 1.807) is 24.3 Å². The first-order valence-electron chi connectivity index (χ1n) is 9.92. The Kier molecular flexibility index (Phi) is 8.51.